The van der Waals surface area contributed by atoms with Crippen molar-refractivity contribution < 1.29 is 0 Å². The second-order valence-electron chi connectivity index (χ2n) is 4.48. The first-order chi connectivity index (χ1) is 7.70. The van der Waals surface area contributed by atoms with Crippen LogP contribution in [0.4, 0.5) is 0 Å². The van der Waals surface area contributed by atoms with Crippen molar-refractivity contribution in [3.05, 3.63) is 34.5 Å². The lowest BCUT2D eigenvalue weighted by molar-refractivity contribution is 0.515. The molecule has 16 heavy (non-hydrogen) atoms. The highest BCUT2D eigenvalue weighted by Gasteiger charge is 2.23. The van der Waals surface area contributed by atoms with Crippen molar-refractivity contribution in [2.45, 2.75) is 19.4 Å². The lowest BCUT2D eigenvalue weighted by Crippen LogP contribution is -2.28. The van der Waals surface area contributed by atoms with Crippen LogP contribution in [-0.2, 0) is 13.5 Å². The van der Waals surface area contributed by atoms with Crippen LogP contribution in [0.25, 0.3) is 10.9 Å². The Morgan fingerprint density at radius 3 is 3.06 bits per heavy atom. The molecule has 0 aliphatic carbocycles. The zero-order valence-electron chi connectivity index (χ0n) is 9.55. The van der Waals surface area contributed by atoms with Gasteiger partial charge in [0.15, 0.2) is 0 Å². The number of nitrogens with zero attached hydrogens (tertiary/aromatic N) is 1. The molecular weight excluding hydrogens is 220 g/mol. The van der Waals surface area contributed by atoms with E-state index in [-0.39, 0.29) is 0 Å². The maximum Gasteiger partial charge on any atom is 0.0672 e. The molecule has 3 heteroatoms. The van der Waals surface area contributed by atoms with Crippen LogP contribution in [0.1, 0.15) is 24.2 Å². The summed E-state index contributed by atoms with van der Waals surface area (Å²) in [6.07, 6.45) is 1.09. The summed E-state index contributed by atoms with van der Waals surface area (Å²) in [6.45, 7) is 3.27. The summed E-state index contributed by atoms with van der Waals surface area (Å²) >= 11 is 6.29. The third-order valence-corrected chi connectivity index (χ3v) is 3.86. The van der Waals surface area contributed by atoms with Crippen molar-refractivity contribution >= 4 is 22.5 Å². The molecule has 0 spiro atoms. The Labute approximate surface area is 100 Å². The second-order valence-corrected chi connectivity index (χ2v) is 4.89. The number of aryl methyl sites for hydroxylation is 1. The molecule has 1 atom stereocenters. The lowest BCUT2D eigenvalue weighted by Gasteiger charge is -2.22. The normalized spacial score (nSPS) is 20.1. The first-order valence-electron chi connectivity index (χ1n) is 5.69. The highest BCUT2D eigenvalue weighted by molar-refractivity contribution is 6.35. The van der Waals surface area contributed by atoms with Crippen LogP contribution in [0.3, 0.4) is 0 Å². The molecule has 0 saturated carbocycles. The Balaban J connectivity index is 2.43. The van der Waals surface area contributed by atoms with Crippen LogP contribution in [-0.4, -0.2) is 11.1 Å². The molecule has 84 valence electrons. The van der Waals surface area contributed by atoms with E-state index in [0.717, 1.165) is 18.0 Å². The molecule has 3 rings (SSSR count). The summed E-state index contributed by atoms with van der Waals surface area (Å²) in [5.41, 5.74) is 4.02. The minimum Gasteiger partial charge on any atom is -0.345 e. The van der Waals surface area contributed by atoms with Gasteiger partial charge in [-0.2, -0.15) is 0 Å². The van der Waals surface area contributed by atoms with Gasteiger partial charge in [0, 0.05) is 24.2 Å². The van der Waals surface area contributed by atoms with Gasteiger partial charge in [-0.05, 0) is 31.5 Å². The Morgan fingerprint density at radius 1 is 1.44 bits per heavy atom. The molecule has 0 saturated heterocycles. The van der Waals surface area contributed by atoms with Crippen LogP contribution in [0.5, 0.6) is 0 Å². The van der Waals surface area contributed by atoms with Crippen molar-refractivity contribution in [2.75, 3.05) is 6.54 Å². The number of halogens is 1. The average molecular weight is 235 g/mol. The minimum atomic E-state index is 0.414. The summed E-state index contributed by atoms with van der Waals surface area (Å²) in [5, 5.41) is 5.66. The van der Waals surface area contributed by atoms with Crippen molar-refractivity contribution in [1.82, 2.24) is 9.88 Å². The fourth-order valence-corrected chi connectivity index (χ4v) is 3.19. The summed E-state index contributed by atoms with van der Waals surface area (Å²) in [7, 11) is 2.11. The van der Waals surface area contributed by atoms with Gasteiger partial charge < -0.3 is 9.88 Å². The molecule has 1 unspecified atom stereocenters. The fourth-order valence-electron chi connectivity index (χ4n) is 2.89. The van der Waals surface area contributed by atoms with Gasteiger partial charge in [0.1, 0.15) is 0 Å². The SMILES string of the molecule is CC1NCCc2c1n(C)c1c(Cl)cccc21. The van der Waals surface area contributed by atoms with Crippen LogP contribution in [0.15, 0.2) is 18.2 Å². The standard InChI is InChI=1S/C13H15ClN2/c1-8-12-10(6-7-15-8)9-4-3-5-11(14)13(9)16(12)2/h3-5,8,15H,6-7H2,1-2H3. The number of aromatic nitrogens is 1. The molecule has 1 aliphatic rings. The van der Waals surface area contributed by atoms with Gasteiger partial charge in [0.2, 0.25) is 0 Å². The van der Waals surface area contributed by atoms with E-state index < -0.39 is 0 Å². The Hall–Kier alpha value is -0.990. The van der Waals surface area contributed by atoms with E-state index in [1.165, 1.54) is 22.2 Å². The van der Waals surface area contributed by atoms with Crippen LogP contribution in [0, 0.1) is 0 Å². The first kappa shape index (κ1) is 10.2. The van der Waals surface area contributed by atoms with Gasteiger partial charge in [-0.3, -0.25) is 0 Å². The van der Waals surface area contributed by atoms with Gasteiger partial charge in [-0.15, -0.1) is 0 Å². The molecule has 1 aromatic carbocycles. The van der Waals surface area contributed by atoms with E-state index in [4.69, 9.17) is 11.6 Å². The van der Waals surface area contributed by atoms with E-state index in [9.17, 15) is 0 Å². The summed E-state index contributed by atoms with van der Waals surface area (Å²) in [6, 6.07) is 6.60. The number of hydrogen-bond donors (Lipinski definition) is 1. The fraction of sp³-hybridized carbons (Fsp3) is 0.385. The zero-order chi connectivity index (χ0) is 11.3. The number of nitrogens with one attached hydrogen (secondary N) is 1. The molecule has 0 amide bonds. The van der Waals surface area contributed by atoms with Crippen molar-refractivity contribution in [1.29, 1.82) is 0 Å². The molecule has 2 aromatic rings. The third-order valence-electron chi connectivity index (χ3n) is 3.55. The molecule has 0 bridgehead atoms. The van der Waals surface area contributed by atoms with E-state index in [1.54, 1.807) is 0 Å². The smallest absolute Gasteiger partial charge is 0.0672 e. The van der Waals surface area contributed by atoms with E-state index in [0.29, 0.717) is 6.04 Å². The molecule has 0 radical (unpaired) electrons. The molecule has 1 aromatic heterocycles. The van der Waals surface area contributed by atoms with Gasteiger partial charge in [0.05, 0.1) is 10.5 Å². The highest BCUT2D eigenvalue weighted by Crippen LogP contribution is 2.35. The lowest BCUT2D eigenvalue weighted by atomic mass is 10.0. The van der Waals surface area contributed by atoms with E-state index >= 15 is 0 Å². The quantitative estimate of drug-likeness (QED) is 0.742. The summed E-state index contributed by atoms with van der Waals surface area (Å²) in [4.78, 5) is 0. The number of benzene rings is 1. The summed E-state index contributed by atoms with van der Waals surface area (Å²) < 4.78 is 2.24. The maximum absolute atomic E-state index is 6.29. The highest BCUT2D eigenvalue weighted by atomic mass is 35.5. The number of rotatable bonds is 0. The van der Waals surface area contributed by atoms with Gasteiger partial charge >= 0.3 is 0 Å². The number of para-hydroxylation sites is 1. The molecule has 2 nitrogen and oxygen atoms in total. The van der Waals surface area contributed by atoms with Gasteiger partial charge in [0.25, 0.3) is 0 Å². The number of fused-ring (bicyclic) bond motifs is 3. The predicted octanol–water partition coefficient (Wildman–Crippen LogP) is 3.04. The average Bonchev–Trinajstić information content (AvgIpc) is 2.56. The van der Waals surface area contributed by atoms with Crippen molar-refractivity contribution in [3.8, 4) is 0 Å². The van der Waals surface area contributed by atoms with E-state index in [2.05, 4.69) is 29.9 Å². The summed E-state index contributed by atoms with van der Waals surface area (Å²) in [5.74, 6) is 0. The third kappa shape index (κ3) is 1.23. The predicted molar refractivity (Wildman–Crippen MR) is 68.1 cm³/mol. The monoisotopic (exact) mass is 234 g/mol. The van der Waals surface area contributed by atoms with E-state index in [1.807, 2.05) is 12.1 Å². The van der Waals surface area contributed by atoms with Gasteiger partial charge in [-0.1, -0.05) is 23.7 Å². The van der Waals surface area contributed by atoms with Crippen LogP contribution in [0.2, 0.25) is 5.02 Å². The molecule has 1 N–H and O–H groups in total. The number of hydrogen-bond acceptors (Lipinski definition) is 1. The maximum atomic E-state index is 6.29. The zero-order valence-corrected chi connectivity index (χ0v) is 10.3. The Morgan fingerprint density at radius 2 is 2.25 bits per heavy atom. The molecule has 2 heterocycles. The van der Waals surface area contributed by atoms with Crippen molar-refractivity contribution in [3.63, 3.8) is 0 Å². The molecule has 1 aliphatic heterocycles. The van der Waals surface area contributed by atoms with Crippen LogP contribution < -0.4 is 5.32 Å². The first-order valence-corrected chi connectivity index (χ1v) is 6.07. The second kappa shape index (κ2) is 3.51. The topological polar surface area (TPSA) is 17.0 Å². The Bertz CT molecular complexity index is 557. The minimum absolute atomic E-state index is 0.414. The Kier molecular flexibility index (Phi) is 2.23. The molecular formula is C13H15ClN2. The van der Waals surface area contributed by atoms with Crippen LogP contribution >= 0.6 is 11.6 Å². The largest absolute Gasteiger partial charge is 0.345 e. The van der Waals surface area contributed by atoms with Gasteiger partial charge in [-0.25, -0.2) is 0 Å². The van der Waals surface area contributed by atoms with Crippen molar-refractivity contribution in [2.24, 2.45) is 7.05 Å². The molecule has 0 fully saturated rings.